The Kier molecular flexibility index (Phi) is 4.33. The molecular weight excluding hydrogens is 531 g/mol. The number of rotatable bonds is 1. The van der Waals surface area contributed by atoms with Gasteiger partial charge in [0, 0.05) is 42.1 Å². The van der Waals surface area contributed by atoms with Crippen molar-refractivity contribution < 1.29 is 0 Å². The highest BCUT2D eigenvalue weighted by Crippen LogP contribution is 2.50. The van der Waals surface area contributed by atoms with Crippen molar-refractivity contribution in [2.24, 2.45) is 0 Å². The summed E-state index contributed by atoms with van der Waals surface area (Å²) in [4.78, 5) is 10.6. The van der Waals surface area contributed by atoms with Gasteiger partial charge in [-0.25, -0.2) is 9.97 Å². The summed E-state index contributed by atoms with van der Waals surface area (Å²) in [6.45, 7) is 0. The van der Waals surface area contributed by atoms with Crippen LogP contribution in [0.25, 0.3) is 92.3 Å². The first-order chi connectivity index (χ1) is 20.8. The number of thiophene rings is 1. The molecule has 0 saturated heterocycles. The van der Waals surface area contributed by atoms with E-state index in [0.717, 1.165) is 33.6 Å². The van der Waals surface area contributed by atoms with Gasteiger partial charge in [-0.2, -0.15) is 0 Å². The minimum atomic E-state index is 0.877. The van der Waals surface area contributed by atoms with Crippen LogP contribution in [0, 0.1) is 0 Å². The quantitative estimate of drug-likeness (QED) is 0.203. The van der Waals surface area contributed by atoms with E-state index in [1.165, 1.54) is 58.7 Å². The normalized spacial score (nSPS) is 12.3. The number of para-hydroxylation sites is 3. The third-order valence-electron chi connectivity index (χ3n) is 8.74. The second kappa shape index (κ2) is 8.12. The molecule has 3 nitrogen and oxygen atoms in total. The molecule has 0 N–H and O–H groups in total. The Hall–Kier alpha value is -5.32. The lowest BCUT2D eigenvalue weighted by Gasteiger charge is -2.14. The molecule has 0 bridgehead atoms. The van der Waals surface area contributed by atoms with Crippen molar-refractivity contribution in [3.63, 3.8) is 0 Å². The van der Waals surface area contributed by atoms with Crippen LogP contribution < -0.4 is 0 Å². The summed E-state index contributed by atoms with van der Waals surface area (Å²) in [5.74, 6) is 0.877. The van der Waals surface area contributed by atoms with Crippen LogP contribution in [0.5, 0.6) is 0 Å². The maximum Gasteiger partial charge on any atom is 0.165 e. The van der Waals surface area contributed by atoms with Gasteiger partial charge in [0.15, 0.2) is 5.82 Å². The van der Waals surface area contributed by atoms with Gasteiger partial charge in [-0.1, -0.05) is 91.0 Å². The van der Waals surface area contributed by atoms with E-state index in [4.69, 9.17) is 9.97 Å². The van der Waals surface area contributed by atoms with Gasteiger partial charge in [0.05, 0.1) is 22.1 Å². The van der Waals surface area contributed by atoms with E-state index in [2.05, 4.69) is 120 Å². The molecule has 1 aliphatic heterocycles. The van der Waals surface area contributed by atoms with Crippen LogP contribution in [-0.4, -0.2) is 14.5 Å². The highest BCUT2D eigenvalue weighted by atomic mass is 32.1. The molecule has 0 atom stereocenters. The van der Waals surface area contributed by atoms with E-state index in [1.807, 2.05) is 23.5 Å². The molecule has 0 unspecified atom stereocenters. The van der Waals surface area contributed by atoms with Crippen molar-refractivity contribution >= 4 is 64.3 Å². The summed E-state index contributed by atoms with van der Waals surface area (Å²) in [5.41, 5.74) is 11.0. The van der Waals surface area contributed by atoms with Gasteiger partial charge in [-0.15, -0.1) is 11.3 Å². The lowest BCUT2D eigenvalue weighted by Crippen LogP contribution is -2.02. The van der Waals surface area contributed by atoms with Gasteiger partial charge in [0.2, 0.25) is 0 Å². The Labute approximate surface area is 245 Å². The number of nitrogens with zero attached hydrogens (tertiary/aromatic N) is 3. The predicted molar refractivity (Wildman–Crippen MR) is 177 cm³/mol. The van der Waals surface area contributed by atoms with Crippen molar-refractivity contribution in [2.45, 2.75) is 0 Å². The molecule has 0 fully saturated rings. The highest BCUT2D eigenvalue weighted by Gasteiger charge is 2.28. The summed E-state index contributed by atoms with van der Waals surface area (Å²) in [5, 5.41) is 5.07. The summed E-state index contributed by atoms with van der Waals surface area (Å²) >= 11 is 1.86. The lowest BCUT2D eigenvalue weighted by molar-refractivity contribution is 1.09. The average Bonchev–Trinajstić information content (AvgIpc) is 3.55. The van der Waals surface area contributed by atoms with Gasteiger partial charge in [0.1, 0.15) is 5.69 Å². The fourth-order valence-corrected chi connectivity index (χ4v) is 8.01. The molecule has 4 heterocycles. The Morgan fingerprint density at radius 2 is 1.21 bits per heavy atom. The van der Waals surface area contributed by atoms with Gasteiger partial charge >= 0.3 is 0 Å². The first kappa shape index (κ1) is 22.4. The molecule has 0 aliphatic carbocycles. The predicted octanol–water partition coefficient (Wildman–Crippen LogP) is 10.4. The van der Waals surface area contributed by atoms with E-state index in [9.17, 15) is 0 Å². The minimum Gasteiger partial charge on any atom is -0.291 e. The number of benzene rings is 6. The lowest BCUT2D eigenvalue weighted by atomic mass is 9.89. The third-order valence-corrected chi connectivity index (χ3v) is 9.89. The maximum atomic E-state index is 5.29. The average molecular weight is 552 g/mol. The van der Waals surface area contributed by atoms with Crippen LogP contribution in [0.1, 0.15) is 0 Å². The van der Waals surface area contributed by atoms with E-state index in [-0.39, 0.29) is 0 Å². The molecule has 0 amide bonds. The van der Waals surface area contributed by atoms with Crippen LogP contribution in [0.4, 0.5) is 0 Å². The number of hydrogen-bond donors (Lipinski definition) is 0. The van der Waals surface area contributed by atoms with Gasteiger partial charge < -0.3 is 0 Å². The molecule has 9 aromatic rings. The zero-order valence-electron chi connectivity index (χ0n) is 22.4. The smallest absolute Gasteiger partial charge is 0.165 e. The fraction of sp³-hybridized carbons (Fsp3) is 0. The Morgan fingerprint density at radius 1 is 0.500 bits per heavy atom. The molecule has 42 heavy (non-hydrogen) atoms. The molecule has 0 radical (unpaired) electrons. The SMILES string of the molecule is c1ccc2c(c1)-c1nc3ccccc3nc1-n1c3ccccc3c3ccc(-c4ccc5sc6ccccc6c5c4)c-2c31. The van der Waals surface area contributed by atoms with Gasteiger partial charge in [-0.3, -0.25) is 4.57 Å². The molecule has 0 saturated carbocycles. The Bertz CT molecular complexity index is 2590. The minimum absolute atomic E-state index is 0.877. The number of fused-ring (bicyclic) bond motifs is 12. The number of aromatic nitrogens is 3. The topological polar surface area (TPSA) is 30.7 Å². The van der Waals surface area contributed by atoms with Crippen molar-refractivity contribution in [1.29, 1.82) is 0 Å². The Morgan fingerprint density at radius 3 is 2.12 bits per heavy atom. The molecule has 10 rings (SSSR count). The van der Waals surface area contributed by atoms with Crippen molar-refractivity contribution in [1.82, 2.24) is 14.5 Å². The summed E-state index contributed by atoms with van der Waals surface area (Å²) in [6.07, 6.45) is 0. The number of hydrogen-bond acceptors (Lipinski definition) is 3. The van der Waals surface area contributed by atoms with Crippen molar-refractivity contribution in [3.8, 4) is 39.3 Å². The van der Waals surface area contributed by atoms with E-state index in [1.54, 1.807) is 0 Å². The molecule has 194 valence electrons. The second-order valence-corrected chi connectivity index (χ2v) is 12.1. The van der Waals surface area contributed by atoms with Crippen LogP contribution in [0.2, 0.25) is 0 Å². The molecule has 1 aliphatic rings. The standard InChI is InChI=1S/C38H21N3S/c1-2-12-27-26(11-1)35-23(22-17-20-34-29(21-22)25-10-4-8-16-33(25)42-34)18-19-28-24-9-3-7-15-32(24)41(37(28)35)38-36(27)39-30-13-5-6-14-31(30)40-38/h1-21H. The zero-order chi connectivity index (χ0) is 27.4. The van der Waals surface area contributed by atoms with E-state index < -0.39 is 0 Å². The van der Waals surface area contributed by atoms with Crippen LogP contribution >= 0.6 is 11.3 Å². The van der Waals surface area contributed by atoms with Crippen molar-refractivity contribution in [2.75, 3.05) is 0 Å². The van der Waals surface area contributed by atoms with E-state index >= 15 is 0 Å². The molecule has 0 spiro atoms. The first-order valence-electron chi connectivity index (χ1n) is 14.2. The highest BCUT2D eigenvalue weighted by molar-refractivity contribution is 7.25. The largest absolute Gasteiger partial charge is 0.291 e. The van der Waals surface area contributed by atoms with E-state index in [0.29, 0.717) is 0 Å². The van der Waals surface area contributed by atoms with Crippen LogP contribution in [0.3, 0.4) is 0 Å². The van der Waals surface area contributed by atoms with Gasteiger partial charge in [-0.05, 0) is 53.1 Å². The summed E-state index contributed by atoms with van der Waals surface area (Å²) < 4.78 is 4.99. The monoisotopic (exact) mass is 551 g/mol. The molecular formula is C38H21N3S. The Balaban J connectivity index is 1.40. The molecule has 6 aromatic carbocycles. The zero-order valence-corrected chi connectivity index (χ0v) is 23.2. The fourth-order valence-electron chi connectivity index (χ4n) is 6.92. The first-order valence-corrected chi connectivity index (χ1v) is 15.0. The second-order valence-electron chi connectivity index (χ2n) is 11.0. The maximum absolute atomic E-state index is 5.29. The van der Waals surface area contributed by atoms with Gasteiger partial charge in [0.25, 0.3) is 0 Å². The molecule has 4 heteroatoms. The van der Waals surface area contributed by atoms with Crippen LogP contribution in [0.15, 0.2) is 127 Å². The van der Waals surface area contributed by atoms with Crippen molar-refractivity contribution in [3.05, 3.63) is 127 Å². The van der Waals surface area contributed by atoms with Crippen LogP contribution in [-0.2, 0) is 0 Å². The summed E-state index contributed by atoms with van der Waals surface area (Å²) in [6, 6.07) is 45.8. The molecule has 3 aromatic heterocycles. The third kappa shape index (κ3) is 2.89. The summed E-state index contributed by atoms with van der Waals surface area (Å²) in [7, 11) is 0.